The number of hydrogen-bond acceptors (Lipinski definition) is 6. The highest BCUT2D eigenvalue weighted by Crippen LogP contribution is 2.46. The van der Waals surface area contributed by atoms with Gasteiger partial charge < -0.3 is 15.0 Å². The highest BCUT2D eigenvalue weighted by atomic mass is 35.5. The van der Waals surface area contributed by atoms with Crippen LogP contribution < -0.4 is 15.0 Å². The van der Waals surface area contributed by atoms with E-state index in [9.17, 15) is 27.2 Å². The van der Waals surface area contributed by atoms with E-state index in [-0.39, 0.29) is 18.1 Å². The fourth-order valence-corrected chi connectivity index (χ4v) is 6.41. The molecule has 3 aromatic rings. The van der Waals surface area contributed by atoms with Crippen molar-refractivity contribution in [3.8, 4) is 5.75 Å². The average Bonchev–Trinajstić information content (AvgIpc) is 3.36. The van der Waals surface area contributed by atoms with Gasteiger partial charge in [0.2, 0.25) is 0 Å². The number of pyridine rings is 1. The summed E-state index contributed by atoms with van der Waals surface area (Å²) in [5.41, 5.74) is -2.26. The predicted octanol–water partition coefficient (Wildman–Crippen LogP) is 6.11. The number of alkyl halides is 3. The minimum absolute atomic E-state index is 0.136. The third-order valence-electron chi connectivity index (χ3n) is 8.79. The molecule has 0 radical (unpaired) electrons. The highest BCUT2D eigenvalue weighted by Gasteiger charge is 2.62. The van der Waals surface area contributed by atoms with Crippen LogP contribution in [-0.2, 0) is 16.4 Å². The van der Waals surface area contributed by atoms with Gasteiger partial charge in [-0.3, -0.25) is 9.69 Å². The number of benzene rings is 2. The first kappa shape index (κ1) is 30.7. The number of nitrogens with one attached hydrogen (secondary N) is 1. The maximum absolute atomic E-state index is 14.7. The van der Waals surface area contributed by atoms with Crippen molar-refractivity contribution in [3.05, 3.63) is 88.8 Å². The van der Waals surface area contributed by atoms with Crippen LogP contribution in [0.15, 0.2) is 66.9 Å². The summed E-state index contributed by atoms with van der Waals surface area (Å²) in [6, 6.07) is 14.5. The molecule has 12 heteroatoms. The Balaban J connectivity index is 1.43. The molecule has 228 valence electrons. The Hall–Kier alpha value is -3.70. The zero-order chi connectivity index (χ0) is 31.0. The normalized spacial score (nSPS) is 22.8. The van der Waals surface area contributed by atoms with Gasteiger partial charge in [-0.1, -0.05) is 30.7 Å². The molecule has 7 nitrogen and oxygen atoms in total. The lowest BCUT2D eigenvalue weighted by Gasteiger charge is -2.49. The van der Waals surface area contributed by atoms with Crippen molar-refractivity contribution in [2.45, 2.75) is 36.9 Å². The molecule has 2 saturated heterocycles. The van der Waals surface area contributed by atoms with Crippen LogP contribution in [0, 0.1) is 11.7 Å². The Morgan fingerprint density at radius 2 is 1.67 bits per heavy atom. The monoisotopic (exact) mass is 618 g/mol. The van der Waals surface area contributed by atoms with Crippen LogP contribution in [0.25, 0.3) is 0 Å². The summed E-state index contributed by atoms with van der Waals surface area (Å²) in [7, 11) is 1.53. The number of carbonyl (C=O) groups is 2. The molecular formula is C31H31ClF4N4O3. The minimum atomic E-state index is -4.48. The Kier molecular flexibility index (Phi) is 8.41. The van der Waals surface area contributed by atoms with E-state index in [4.69, 9.17) is 16.3 Å². The summed E-state index contributed by atoms with van der Waals surface area (Å²) in [4.78, 5) is 35.5. The molecule has 0 bridgehead atoms. The summed E-state index contributed by atoms with van der Waals surface area (Å²) in [5, 5.41) is 3.86. The molecule has 0 aliphatic carbocycles. The summed E-state index contributed by atoms with van der Waals surface area (Å²) in [5.74, 6) is -0.528. The van der Waals surface area contributed by atoms with Crippen molar-refractivity contribution in [1.82, 2.24) is 15.2 Å². The van der Waals surface area contributed by atoms with E-state index >= 15 is 0 Å². The van der Waals surface area contributed by atoms with Crippen LogP contribution in [0.1, 0.15) is 30.9 Å². The number of amides is 1. The molecule has 2 aliphatic heterocycles. The number of Topliss-reactive ketones (excluding diaryl/α,β-unsaturated/α-hetero) is 1. The molecule has 5 rings (SSSR count). The number of ether oxygens (including phenoxy) is 1. The summed E-state index contributed by atoms with van der Waals surface area (Å²) in [6.45, 7) is 3.29. The Morgan fingerprint density at radius 1 is 1.02 bits per heavy atom. The van der Waals surface area contributed by atoms with Gasteiger partial charge in [0.25, 0.3) is 0 Å². The Bertz CT molecular complexity index is 1460. The fraction of sp³-hybridized carbons (Fsp3) is 0.387. The summed E-state index contributed by atoms with van der Waals surface area (Å²) in [6.07, 6.45) is -3.60. The van der Waals surface area contributed by atoms with Crippen molar-refractivity contribution < 1.29 is 31.9 Å². The van der Waals surface area contributed by atoms with Crippen LogP contribution in [0.5, 0.6) is 5.75 Å². The third-order valence-corrected chi connectivity index (χ3v) is 9.04. The van der Waals surface area contributed by atoms with Gasteiger partial charge in [-0.25, -0.2) is 14.2 Å². The number of nitrogens with zero attached hydrogens (tertiary/aromatic N) is 3. The number of halogens is 5. The third kappa shape index (κ3) is 5.80. The van der Waals surface area contributed by atoms with E-state index in [2.05, 4.69) is 10.3 Å². The van der Waals surface area contributed by atoms with Crippen LogP contribution in [-0.4, -0.2) is 60.5 Å². The van der Waals surface area contributed by atoms with Crippen molar-refractivity contribution in [3.63, 3.8) is 0 Å². The van der Waals surface area contributed by atoms with E-state index in [1.165, 1.54) is 42.3 Å². The van der Waals surface area contributed by atoms with Crippen molar-refractivity contribution in [2.24, 2.45) is 5.92 Å². The Labute approximate surface area is 251 Å². The van der Waals surface area contributed by atoms with Gasteiger partial charge in [-0.05, 0) is 66.9 Å². The van der Waals surface area contributed by atoms with E-state index in [1.807, 2.05) is 24.0 Å². The largest absolute Gasteiger partial charge is 0.417 e. The van der Waals surface area contributed by atoms with Crippen LogP contribution in [0.2, 0.25) is 5.02 Å². The SMILES string of the molecule is CN(C(=O)Oc1ccc(F)cc1)[C@]1(C(=O)C2CCN(c3ccc(C(F)(F)F)cn3)CC2)CNC[C@@]1(C)c1ccc(Cl)cc1. The lowest BCUT2D eigenvalue weighted by molar-refractivity contribution is -0.138. The number of aromatic nitrogens is 1. The van der Waals surface area contributed by atoms with E-state index in [0.29, 0.717) is 43.3 Å². The number of anilines is 1. The standard InChI is InChI=1S/C31H31ClF4N4O3/c1-29(21-3-6-23(32)7-4-21)18-37-19-30(29,39(2)28(42)43-25-10-8-24(33)9-11-25)27(41)20-13-15-40(16-14-20)26-12-5-22(17-38-26)31(34,35)36/h3-12,17,20,37H,13-16,18-19H2,1-2H3/t29-,30-/m0/s1. The molecule has 0 spiro atoms. The van der Waals surface area contributed by atoms with Crippen LogP contribution >= 0.6 is 11.6 Å². The number of rotatable bonds is 6. The zero-order valence-corrected chi connectivity index (χ0v) is 24.4. The quantitative estimate of drug-likeness (QED) is 0.336. The minimum Gasteiger partial charge on any atom is -0.410 e. The van der Waals surface area contributed by atoms with Gasteiger partial charge in [-0.2, -0.15) is 13.2 Å². The molecule has 0 saturated carbocycles. The van der Waals surface area contributed by atoms with E-state index in [1.54, 1.807) is 12.1 Å². The van der Waals surface area contributed by atoms with Gasteiger partial charge in [0.05, 0.1) is 5.56 Å². The molecule has 3 heterocycles. The summed E-state index contributed by atoms with van der Waals surface area (Å²) < 4.78 is 58.0. The number of hydrogen-bond donors (Lipinski definition) is 1. The number of piperidine rings is 1. The topological polar surface area (TPSA) is 74.8 Å². The number of likely N-dealkylation sites (N-methyl/N-ethyl adjacent to an activating group) is 1. The fourth-order valence-electron chi connectivity index (χ4n) is 6.28. The number of ketones is 1. The molecule has 2 aromatic carbocycles. The van der Waals surface area contributed by atoms with E-state index < -0.39 is 40.5 Å². The molecule has 1 N–H and O–H groups in total. The molecule has 0 unspecified atom stereocenters. The van der Waals surface area contributed by atoms with Crippen molar-refractivity contribution in [1.29, 1.82) is 0 Å². The first-order valence-corrected chi connectivity index (χ1v) is 14.2. The average molecular weight is 619 g/mol. The van der Waals surface area contributed by atoms with Crippen LogP contribution in [0.4, 0.5) is 28.2 Å². The van der Waals surface area contributed by atoms with Gasteiger partial charge in [0.15, 0.2) is 5.78 Å². The van der Waals surface area contributed by atoms with Gasteiger partial charge in [0.1, 0.15) is 22.9 Å². The molecule has 1 amide bonds. The molecule has 1 aromatic heterocycles. The maximum atomic E-state index is 14.7. The molecular weight excluding hydrogens is 588 g/mol. The van der Waals surface area contributed by atoms with Crippen LogP contribution in [0.3, 0.4) is 0 Å². The predicted molar refractivity (Wildman–Crippen MR) is 154 cm³/mol. The van der Waals surface area contributed by atoms with Gasteiger partial charge in [0, 0.05) is 55.8 Å². The number of carbonyl (C=O) groups excluding carboxylic acids is 2. The maximum Gasteiger partial charge on any atom is 0.417 e. The van der Waals surface area contributed by atoms with Gasteiger partial charge in [-0.15, -0.1) is 0 Å². The molecule has 43 heavy (non-hydrogen) atoms. The van der Waals surface area contributed by atoms with E-state index in [0.717, 1.165) is 17.8 Å². The molecule has 2 atom stereocenters. The van der Waals surface area contributed by atoms with Gasteiger partial charge >= 0.3 is 12.3 Å². The Morgan fingerprint density at radius 3 is 2.26 bits per heavy atom. The molecule has 2 fully saturated rings. The highest BCUT2D eigenvalue weighted by molar-refractivity contribution is 6.30. The first-order valence-electron chi connectivity index (χ1n) is 13.9. The smallest absolute Gasteiger partial charge is 0.410 e. The first-order chi connectivity index (χ1) is 20.3. The lowest BCUT2D eigenvalue weighted by atomic mass is 9.63. The summed E-state index contributed by atoms with van der Waals surface area (Å²) >= 11 is 6.17. The lowest BCUT2D eigenvalue weighted by Crippen LogP contribution is -2.68. The second-order valence-electron chi connectivity index (χ2n) is 11.2. The van der Waals surface area contributed by atoms with Crippen molar-refractivity contribution in [2.75, 3.05) is 38.1 Å². The second kappa shape index (κ2) is 11.8. The zero-order valence-electron chi connectivity index (χ0n) is 23.6. The molecule has 2 aliphatic rings. The second-order valence-corrected chi connectivity index (χ2v) is 11.6. The van der Waals surface area contributed by atoms with Crippen molar-refractivity contribution >= 4 is 29.3 Å².